The van der Waals surface area contributed by atoms with Gasteiger partial charge in [-0.05, 0) is 57.4 Å². The maximum atomic E-state index is 5.66. The van der Waals surface area contributed by atoms with Gasteiger partial charge in [-0.15, -0.1) is 0 Å². The van der Waals surface area contributed by atoms with Crippen LogP contribution in [0.5, 0.6) is 0 Å². The number of ether oxygens (including phenoxy) is 1. The predicted molar refractivity (Wildman–Crippen MR) is 117 cm³/mol. The Labute approximate surface area is 170 Å². The lowest BCUT2D eigenvalue weighted by molar-refractivity contribution is 0.117. The number of benzene rings is 1. The summed E-state index contributed by atoms with van der Waals surface area (Å²) < 4.78 is 5.66. The van der Waals surface area contributed by atoms with Crippen molar-refractivity contribution in [2.45, 2.75) is 39.2 Å². The van der Waals surface area contributed by atoms with Gasteiger partial charge in [-0.2, -0.15) is 0 Å². The number of anilines is 1. The number of aliphatic imine (C=N–C) groups is 1. The monoisotopic (exact) mass is 387 g/mol. The molecule has 0 spiro atoms. The highest BCUT2D eigenvalue weighted by molar-refractivity contribution is 5.79. The van der Waals surface area contributed by atoms with Crippen LogP contribution in [0.15, 0.2) is 29.3 Å². The van der Waals surface area contributed by atoms with Crippen LogP contribution in [-0.2, 0) is 4.74 Å². The average Bonchev–Trinajstić information content (AvgIpc) is 3.23. The van der Waals surface area contributed by atoms with Gasteiger partial charge in [0.25, 0.3) is 0 Å². The fraction of sp³-hybridized carbons (Fsp3) is 0.682. The van der Waals surface area contributed by atoms with E-state index in [0.29, 0.717) is 6.10 Å². The molecule has 2 saturated heterocycles. The van der Waals surface area contributed by atoms with Crippen molar-refractivity contribution in [2.24, 2.45) is 4.99 Å². The molecule has 1 aromatic carbocycles. The highest BCUT2D eigenvalue weighted by atomic mass is 16.5. The zero-order chi connectivity index (χ0) is 19.6. The van der Waals surface area contributed by atoms with E-state index in [2.05, 4.69) is 63.5 Å². The summed E-state index contributed by atoms with van der Waals surface area (Å²) in [5.74, 6) is 0.919. The van der Waals surface area contributed by atoms with Crippen molar-refractivity contribution >= 4 is 11.6 Å². The van der Waals surface area contributed by atoms with Gasteiger partial charge >= 0.3 is 0 Å². The van der Waals surface area contributed by atoms with Crippen LogP contribution >= 0.6 is 0 Å². The van der Waals surface area contributed by atoms with Crippen molar-refractivity contribution in [1.82, 2.24) is 15.5 Å². The molecule has 0 amide bonds. The first-order chi connectivity index (χ1) is 13.7. The van der Waals surface area contributed by atoms with Crippen LogP contribution in [0.25, 0.3) is 0 Å². The number of aryl methyl sites for hydroxylation is 1. The Hall–Kier alpha value is -1.79. The maximum absolute atomic E-state index is 5.66. The summed E-state index contributed by atoms with van der Waals surface area (Å²) in [6.07, 6.45) is 3.74. The van der Waals surface area contributed by atoms with Gasteiger partial charge in [0.05, 0.1) is 12.6 Å². The molecular weight excluding hydrogens is 350 g/mol. The van der Waals surface area contributed by atoms with Crippen molar-refractivity contribution < 1.29 is 4.74 Å². The highest BCUT2D eigenvalue weighted by Crippen LogP contribution is 2.17. The minimum Gasteiger partial charge on any atom is -0.376 e. The van der Waals surface area contributed by atoms with Crippen molar-refractivity contribution in [3.05, 3.63) is 29.8 Å². The zero-order valence-corrected chi connectivity index (χ0v) is 17.6. The minimum absolute atomic E-state index is 0.306. The van der Waals surface area contributed by atoms with E-state index in [1.807, 2.05) is 0 Å². The Morgan fingerprint density at radius 3 is 2.79 bits per heavy atom. The molecule has 0 aromatic heterocycles. The normalized spacial score (nSPS) is 21.1. The molecule has 6 nitrogen and oxygen atoms in total. The van der Waals surface area contributed by atoms with Crippen LogP contribution < -0.4 is 15.5 Å². The molecule has 2 heterocycles. The third-order valence-corrected chi connectivity index (χ3v) is 5.50. The van der Waals surface area contributed by atoms with Gasteiger partial charge in [0.1, 0.15) is 0 Å². The lowest BCUT2D eigenvalue weighted by atomic mass is 10.2. The molecular formula is C22H37N5O. The van der Waals surface area contributed by atoms with Gasteiger partial charge in [0.2, 0.25) is 0 Å². The smallest absolute Gasteiger partial charge is 0.191 e. The first-order valence-corrected chi connectivity index (χ1v) is 10.9. The molecule has 2 aliphatic heterocycles. The van der Waals surface area contributed by atoms with Gasteiger partial charge in [0.15, 0.2) is 5.96 Å². The molecule has 2 N–H and O–H groups in total. The molecule has 3 rings (SSSR count). The first-order valence-electron chi connectivity index (χ1n) is 10.9. The second-order valence-electron chi connectivity index (χ2n) is 7.80. The Balaban J connectivity index is 1.33. The number of nitrogens with one attached hydrogen (secondary N) is 2. The third kappa shape index (κ3) is 6.67. The summed E-state index contributed by atoms with van der Waals surface area (Å²) in [4.78, 5) is 9.76. The van der Waals surface area contributed by atoms with Crippen LogP contribution in [0, 0.1) is 6.92 Å². The van der Waals surface area contributed by atoms with E-state index in [1.54, 1.807) is 0 Å². The number of hydrogen-bond donors (Lipinski definition) is 2. The Morgan fingerprint density at radius 2 is 2.07 bits per heavy atom. The molecule has 6 heteroatoms. The molecule has 1 aromatic rings. The zero-order valence-electron chi connectivity index (χ0n) is 17.6. The third-order valence-electron chi connectivity index (χ3n) is 5.50. The van der Waals surface area contributed by atoms with Crippen LogP contribution in [-0.4, -0.2) is 75.9 Å². The number of rotatable bonds is 8. The molecule has 2 fully saturated rings. The number of guanidine groups is 1. The van der Waals surface area contributed by atoms with Gasteiger partial charge in [-0.3, -0.25) is 9.89 Å². The van der Waals surface area contributed by atoms with Crippen molar-refractivity contribution in [2.75, 3.05) is 63.9 Å². The lowest BCUT2D eigenvalue weighted by Gasteiger charge is -2.36. The summed E-state index contributed by atoms with van der Waals surface area (Å²) in [6, 6.07) is 8.84. The Morgan fingerprint density at radius 1 is 1.21 bits per heavy atom. The summed E-state index contributed by atoms with van der Waals surface area (Å²) in [7, 11) is 0. The quantitative estimate of drug-likeness (QED) is 0.407. The van der Waals surface area contributed by atoms with E-state index in [0.717, 1.165) is 77.8 Å². The average molecular weight is 388 g/mol. The molecule has 1 unspecified atom stereocenters. The lowest BCUT2D eigenvalue weighted by Crippen LogP contribution is -2.47. The maximum Gasteiger partial charge on any atom is 0.191 e. The van der Waals surface area contributed by atoms with E-state index in [-0.39, 0.29) is 0 Å². The number of piperazine rings is 1. The second-order valence-corrected chi connectivity index (χ2v) is 7.80. The molecule has 2 aliphatic rings. The van der Waals surface area contributed by atoms with Crippen molar-refractivity contribution in [3.63, 3.8) is 0 Å². The second kappa shape index (κ2) is 11.3. The molecule has 0 saturated carbocycles. The van der Waals surface area contributed by atoms with E-state index >= 15 is 0 Å². The first kappa shape index (κ1) is 20.9. The minimum atomic E-state index is 0.306. The molecule has 1 atom stereocenters. The molecule has 0 aliphatic carbocycles. The van der Waals surface area contributed by atoms with Gasteiger partial charge in [-0.25, -0.2) is 0 Å². The number of hydrogen-bond acceptors (Lipinski definition) is 4. The number of nitrogens with zero attached hydrogens (tertiary/aromatic N) is 3. The molecule has 28 heavy (non-hydrogen) atoms. The fourth-order valence-corrected chi connectivity index (χ4v) is 3.89. The molecule has 0 bridgehead atoms. The highest BCUT2D eigenvalue weighted by Gasteiger charge is 2.17. The Bertz CT molecular complexity index is 607. The van der Waals surface area contributed by atoms with E-state index in [4.69, 9.17) is 4.74 Å². The molecule has 0 radical (unpaired) electrons. The molecule has 156 valence electrons. The van der Waals surface area contributed by atoms with E-state index in [9.17, 15) is 0 Å². The largest absolute Gasteiger partial charge is 0.376 e. The van der Waals surface area contributed by atoms with Gasteiger partial charge < -0.3 is 20.3 Å². The SMILES string of the molecule is CCNC(=NCC1CCCO1)NCCCN1CCN(c2cccc(C)c2)CC1. The van der Waals surface area contributed by atoms with Crippen molar-refractivity contribution in [1.29, 1.82) is 0 Å². The van der Waals surface area contributed by atoms with Crippen LogP contribution in [0.1, 0.15) is 31.7 Å². The standard InChI is InChI=1S/C22H37N5O/c1-3-23-22(25-18-21-9-5-16-28-21)24-10-6-11-26-12-14-27(15-13-26)20-8-4-7-19(2)17-20/h4,7-8,17,21H,3,5-6,9-16,18H2,1-2H3,(H2,23,24,25). The summed E-state index contributed by atoms with van der Waals surface area (Å²) >= 11 is 0. The van der Waals surface area contributed by atoms with E-state index < -0.39 is 0 Å². The van der Waals surface area contributed by atoms with Crippen LogP contribution in [0.2, 0.25) is 0 Å². The Kier molecular flexibility index (Phi) is 8.42. The summed E-state index contributed by atoms with van der Waals surface area (Å²) in [5, 5.41) is 6.81. The predicted octanol–water partition coefficient (Wildman–Crippen LogP) is 2.24. The topological polar surface area (TPSA) is 52.1 Å². The summed E-state index contributed by atoms with van der Waals surface area (Å²) in [5.41, 5.74) is 2.70. The van der Waals surface area contributed by atoms with E-state index in [1.165, 1.54) is 17.7 Å². The van der Waals surface area contributed by atoms with Crippen LogP contribution in [0.4, 0.5) is 5.69 Å². The van der Waals surface area contributed by atoms with Crippen molar-refractivity contribution in [3.8, 4) is 0 Å². The summed E-state index contributed by atoms with van der Waals surface area (Å²) in [6.45, 7) is 13.4. The van der Waals surface area contributed by atoms with Gasteiger partial charge in [0, 0.05) is 51.6 Å². The van der Waals surface area contributed by atoms with Gasteiger partial charge in [-0.1, -0.05) is 12.1 Å². The van der Waals surface area contributed by atoms with Crippen LogP contribution in [0.3, 0.4) is 0 Å². The fourth-order valence-electron chi connectivity index (χ4n) is 3.89.